The van der Waals surface area contributed by atoms with E-state index < -0.39 is 5.91 Å². The van der Waals surface area contributed by atoms with Crippen molar-refractivity contribution in [2.45, 2.75) is 6.92 Å². The molecule has 0 unspecified atom stereocenters. The number of carbonyl (C=O) groups excluding carboxylic acids is 2. The lowest BCUT2D eigenvalue weighted by molar-refractivity contribution is -0.122. The van der Waals surface area contributed by atoms with Crippen molar-refractivity contribution >= 4 is 67.3 Å². The van der Waals surface area contributed by atoms with Crippen LogP contribution in [0.25, 0.3) is 5.57 Å². The third kappa shape index (κ3) is 2.13. The molecule has 0 aliphatic carbocycles. The van der Waals surface area contributed by atoms with E-state index in [4.69, 9.17) is 18.1 Å². The summed E-state index contributed by atoms with van der Waals surface area (Å²) >= 11 is 9.49. The molecule has 0 aromatic heterocycles. The van der Waals surface area contributed by atoms with Gasteiger partial charge in [-0.25, -0.2) is 10.9 Å². The molecular weight excluding hydrogens is 374 g/mol. The second kappa shape index (κ2) is 5.20. The van der Waals surface area contributed by atoms with E-state index in [9.17, 15) is 9.59 Å². The number of nitrogens with two attached hydrogens (primary N) is 1. The van der Waals surface area contributed by atoms with Gasteiger partial charge < -0.3 is 4.90 Å². The van der Waals surface area contributed by atoms with E-state index in [0.29, 0.717) is 17.0 Å². The highest BCUT2D eigenvalue weighted by Gasteiger charge is 2.40. The van der Waals surface area contributed by atoms with Gasteiger partial charge in [0.2, 0.25) is 0 Å². The van der Waals surface area contributed by atoms with Gasteiger partial charge in [0.05, 0.1) is 16.2 Å². The summed E-state index contributed by atoms with van der Waals surface area (Å²) in [4.78, 5) is 26.8. The molecule has 2 aliphatic rings. The molecule has 2 heterocycles. The van der Waals surface area contributed by atoms with Gasteiger partial charge in [0.1, 0.15) is 0 Å². The number of amides is 2. The monoisotopic (exact) mass is 383 g/mol. The van der Waals surface area contributed by atoms with Gasteiger partial charge in [0.25, 0.3) is 11.8 Å². The number of halogens is 1. The van der Waals surface area contributed by atoms with Crippen LogP contribution >= 0.6 is 39.9 Å². The smallest absolute Gasteiger partial charge is 0.281 e. The van der Waals surface area contributed by atoms with Crippen LogP contribution in [0.3, 0.4) is 0 Å². The molecule has 0 radical (unpaired) electrons. The van der Waals surface area contributed by atoms with Crippen molar-refractivity contribution in [3.63, 3.8) is 0 Å². The van der Waals surface area contributed by atoms with Crippen molar-refractivity contribution in [3.05, 3.63) is 33.1 Å². The molecule has 2 amide bonds. The maximum absolute atomic E-state index is 12.6. The lowest BCUT2D eigenvalue weighted by atomic mass is 10.1. The number of hydrogen-bond donors (Lipinski definition) is 1. The van der Waals surface area contributed by atoms with E-state index in [2.05, 4.69) is 15.9 Å². The van der Waals surface area contributed by atoms with Crippen LogP contribution in [0.5, 0.6) is 0 Å². The molecule has 5 nitrogen and oxygen atoms in total. The van der Waals surface area contributed by atoms with Crippen LogP contribution < -0.4 is 10.7 Å². The quantitative estimate of drug-likeness (QED) is 0.348. The van der Waals surface area contributed by atoms with Crippen molar-refractivity contribution in [2.24, 2.45) is 5.84 Å². The lowest BCUT2D eigenvalue weighted by Gasteiger charge is -2.13. The SMILES string of the molecule is CCN1C(=O)C(=C2SC(=S)N(N)C2=O)c2cc(Br)ccc21. The molecule has 0 saturated carbocycles. The van der Waals surface area contributed by atoms with Crippen molar-refractivity contribution in [3.8, 4) is 0 Å². The predicted molar refractivity (Wildman–Crippen MR) is 90.3 cm³/mol. The summed E-state index contributed by atoms with van der Waals surface area (Å²) in [5.74, 6) is 4.97. The average Bonchev–Trinajstić information content (AvgIpc) is 2.86. The summed E-state index contributed by atoms with van der Waals surface area (Å²) in [6.07, 6.45) is 0. The maximum atomic E-state index is 12.6. The molecule has 0 spiro atoms. The first-order chi connectivity index (χ1) is 9.95. The first kappa shape index (κ1) is 14.7. The third-order valence-corrected chi connectivity index (χ3v) is 5.21. The minimum atomic E-state index is -0.433. The molecule has 8 heteroatoms. The predicted octanol–water partition coefficient (Wildman–Crippen LogP) is 2.26. The summed E-state index contributed by atoms with van der Waals surface area (Å²) in [6, 6.07) is 5.56. The van der Waals surface area contributed by atoms with Crippen LogP contribution in [0.2, 0.25) is 0 Å². The number of thiocarbonyl (C=S) groups is 1. The Balaban J connectivity index is 2.26. The van der Waals surface area contributed by atoms with Gasteiger partial charge >= 0.3 is 0 Å². The summed E-state index contributed by atoms with van der Waals surface area (Å²) in [5.41, 5.74) is 1.90. The van der Waals surface area contributed by atoms with Crippen LogP contribution in [-0.2, 0) is 9.59 Å². The Morgan fingerprint density at radius 1 is 1.33 bits per heavy atom. The number of carbonyl (C=O) groups is 2. The average molecular weight is 384 g/mol. The Bertz CT molecular complexity index is 732. The van der Waals surface area contributed by atoms with Gasteiger partial charge in [0.15, 0.2) is 4.32 Å². The molecule has 0 atom stereocenters. The molecular formula is C13H10BrN3O2S2. The number of benzene rings is 1. The van der Waals surface area contributed by atoms with Crippen LogP contribution in [0.1, 0.15) is 12.5 Å². The Kier molecular flexibility index (Phi) is 3.64. The van der Waals surface area contributed by atoms with Crippen molar-refractivity contribution in [2.75, 3.05) is 11.4 Å². The number of hydrazine groups is 1. The lowest BCUT2D eigenvalue weighted by Crippen LogP contribution is -2.35. The van der Waals surface area contributed by atoms with Gasteiger partial charge in [-0.3, -0.25) is 9.59 Å². The second-order valence-electron chi connectivity index (χ2n) is 4.46. The number of nitrogens with zero attached hydrogens (tertiary/aromatic N) is 2. The van der Waals surface area contributed by atoms with Crippen LogP contribution in [0, 0.1) is 0 Å². The maximum Gasteiger partial charge on any atom is 0.281 e. The van der Waals surface area contributed by atoms with Crippen molar-refractivity contribution in [1.82, 2.24) is 5.01 Å². The zero-order valence-corrected chi connectivity index (χ0v) is 14.1. The van der Waals surface area contributed by atoms with E-state index in [0.717, 1.165) is 32.5 Å². The molecule has 0 bridgehead atoms. The Labute approximate surface area is 139 Å². The summed E-state index contributed by atoms with van der Waals surface area (Å²) < 4.78 is 1.09. The van der Waals surface area contributed by atoms with E-state index in [1.54, 1.807) is 4.90 Å². The van der Waals surface area contributed by atoms with Crippen LogP contribution in [0.15, 0.2) is 27.6 Å². The third-order valence-electron chi connectivity index (χ3n) is 3.32. The van der Waals surface area contributed by atoms with Gasteiger partial charge in [-0.1, -0.05) is 39.9 Å². The molecule has 1 saturated heterocycles. The van der Waals surface area contributed by atoms with E-state index >= 15 is 0 Å². The minimum Gasteiger partial charge on any atom is -0.308 e. The molecule has 1 aromatic carbocycles. The zero-order chi connectivity index (χ0) is 15.3. The van der Waals surface area contributed by atoms with E-state index in [1.807, 2.05) is 25.1 Å². The molecule has 2 N–H and O–H groups in total. The van der Waals surface area contributed by atoms with Gasteiger partial charge in [0, 0.05) is 16.6 Å². The number of thioether (sulfide) groups is 1. The topological polar surface area (TPSA) is 66.6 Å². The van der Waals surface area contributed by atoms with E-state index in [-0.39, 0.29) is 10.2 Å². The number of likely N-dealkylation sites (N-methyl/N-ethyl adjacent to an activating group) is 1. The zero-order valence-electron chi connectivity index (χ0n) is 10.9. The van der Waals surface area contributed by atoms with Crippen molar-refractivity contribution < 1.29 is 9.59 Å². The molecule has 1 fully saturated rings. The summed E-state index contributed by atoms with van der Waals surface area (Å²) in [7, 11) is 0. The van der Waals surface area contributed by atoms with Gasteiger partial charge in [-0.05, 0) is 25.1 Å². The largest absolute Gasteiger partial charge is 0.308 e. The number of anilines is 1. The number of rotatable bonds is 1. The summed E-state index contributed by atoms with van der Waals surface area (Å²) in [6.45, 7) is 2.42. The highest BCUT2D eigenvalue weighted by atomic mass is 79.9. The Morgan fingerprint density at radius 3 is 2.62 bits per heavy atom. The first-order valence-corrected chi connectivity index (χ1v) is 8.14. The van der Waals surface area contributed by atoms with Gasteiger partial charge in [-0.2, -0.15) is 0 Å². The second-order valence-corrected chi connectivity index (χ2v) is 7.02. The van der Waals surface area contributed by atoms with Gasteiger partial charge in [-0.15, -0.1) is 0 Å². The molecule has 108 valence electrons. The fourth-order valence-electron chi connectivity index (χ4n) is 2.37. The Morgan fingerprint density at radius 2 is 2.05 bits per heavy atom. The van der Waals surface area contributed by atoms with Crippen molar-refractivity contribution in [1.29, 1.82) is 0 Å². The molecule has 21 heavy (non-hydrogen) atoms. The molecule has 1 aromatic rings. The highest BCUT2D eigenvalue weighted by Crippen LogP contribution is 2.44. The van der Waals surface area contributed by atoms with Crippen LogP contribution in [0.4, 0.5) is 5.69 Å². The minimum absolute atomic E-state index is 0.195. The number of hydrogen-bond acceptors (Lipinski definition) is 5. The number of fused-ring (bicyclic) bond motifs is 1. The molecule has 2 aliphatic heterocycles. The fraction of sp³-hybridized carbons (Fsp3) is 0.154. The fourth-order valence-corrected chi connectivity index (χ4v) is 3.90. The standard InChI is InChI=1S/C13H10BrN3O2S2/c1-2-16-8-4-3-6(14)5-7(8)9(11(16)18)10-12(19)17(15)13(20)21-10/h3-5H,2,15H2,1H3. The van der Waals surface area contributed by atoms with Crippen LogP contribution in [-0.4, -0.2) is 27.7 Å². The first-order valence-electron chi connectivity index (χ1n) is 6.12. The van der Waals surface area contributed by atoms with E-state index in [1.165, 1.54) is 0 Å². The Hall–Kier alpha value is -1.22. The normalized spacial score (nSPS) is 21.6. The molecule has 3 rings (SSSR count). The summed E-state index contributed by atoms with van der Waals surface area (Å²) in [5, 5.41) is 0.905. The highest BCUT2D eigenvalue weighted by molar-refractivity contribution is 9.10.